The Bertz CT molecular complexity index is 210. The van der Waals surface area contributed by atoms with Crippen molar-refractivity contribution in [2.24, 2.45) is 0 Å². The van der Waals surface area contributed by atoms with Crippen LogP contribution >= 0.6 is 0 Å². The highest BCUT2D eigenvalue weighted by Gasteiger charge is 2.16. The molecule has 19 heavy (non-hydrogen) atoms. The minimum absolute atomic E-state index is 0.182. The summed E-state index contributed by atoms with van der Waals surface area (Å²) in [7, 11) is -2.03. The average molecular weight is 307 g/mol. The van der Waals surface area contributed by atoms with Gasteiger partial charge in [0.25, 0.3) is 0 Å². The maximum absolute atomic E-state index is 5.68. The third kappa shape index (κ3) is 14.5. The minimum Gasteiger partial charge on any atom is -0.353 e. The van der Waals surface area contributed by atoms with E-state index in [1.54, 1.807) is 0 Å². The van der Waals surface area contributed by atoms with Gasteiger partial charge in [0.15, 0.2) is 12.6 Å². The van der Waals surface area contributed by atoms with Gasteiger partial charge in [-0.3, -0.25) is 0 Å². The van der Waals surface area contributed by atoms with Gasteiger partial charge in [-0.2, -0.15) is 0 Å². The van der Waals surface area contributed by atoms with Crippen LogP contribution in [0.5, 0.6) is 0 Å². The van der Waals surface area contributed by atoms with E-state index in [1.807, 2.05) is 13.8 Å². The molecule has 5 heteroatoms. The smallest absolute Gasteiger partial charge is 0.157 e. The van der Waals surface area contributed by atoms with Crippen LogP contribution in [0.25, 0.3) is 0 Å². The Hall–Kier alpha value is 0.314. The van der Waals surface area contributed by atoms with Gasteiger partial charge in [-0.1, -0.05) is 39.3 Å². The highest BCUT2D eigenvalue weighted by molar-refractivity contribution is 6.76. The van der Waals surface area contributed by atoms with E-state index in [-0.39, 0.29) is 12.6 Å². The molecule has 0 aromatic carbocycles. The Balaban J connectivity index is 3.66. The van der Waals surface area contributed by atoms with E-state index >= 15 is 0 Å². The van der Waals surface area contributed by atoms with E-state index in [0.717, 1.165) is 13.2 Å². The predicted octanol–water partition coefficient (Wildman–Crippen LogP) is 4.40. The van der Waals surface area contributed by atoms with Crippen molar-refractivity contribution in [3.8, 4) is 0 Å². The van der Waals surface area contributed by atoms with Gasteiger partial charge in [0.2, 0.25) is 0 Å². The Morgan fingerprint density at radius 1 is 0.684 bits per heavy atom. The average Bonchev–Trinajstić information content (AvgIpc) is 2.12. The molecule has 0 saturated carbocycles. The normalized spacial score (nSPS) is 16.4. The second-order valence-corrected chi connectivity index (χ2v) is 18.9. The molecule has 0 aromatic heterocycles. The molecular formula is C14H34O3Si2. The highest BCUT2D eigenvalue weighted by Crippen LogP contribution is 2.11. The van der Waals surface area contributed by atoms with Crippen LogP contribution in [-0.2, 0) is 14.2 Å². The minimum atomic E-state index is -1.01. The SMILES string of the molecule is CC(OCC[Si](C)(C)C)OC(C)OCC[Si](C)(C)C. The number of ether oxygens (including phenoxy) is 3. The molecule has 0 saturated heterocycles. The van der Waals surface area contributed by atoms with Gasteiger partial charge in [0.1, 0.15) is 0 Å². The molecule has 2 atom stereocenters. The Labute approximate surface area is 122 Å². The molecule has 0 aliphatic carbocycles. The van der Waals surface area contributed by atoms with Crippen LogP contribution in [-0.4, -0.2) is 41.9 Å². The molecule has 0 fully saturated rings. The van der Waals surface area contributed by atoms with Gasteiger partial charge in [0.05, 0.1) is 0 Å². The largest absolute Gasteiger partial charge is 0.353 e. The van der Waals surface area contributed by atoms with Gasteiger partial charge in [-0.25, -0.2) is 0 Å². The van der Waals surface area contributed by atoms with Gasteiger partial charge < -0.3 is 14.2 Å². The molecule has 0 rings (SSSR count). The van der Waals surface area contributed by atoms with Crippen molar-refractivity contribution in [2.45, 2.75) is 77.8 Å². The summed E-state index contributed by atoms with van der Waals surface area (Å²) in [6.45, 7) is 19.6. The Kier molecular flexibility index (Phi) is 8.71. The topological polar surface area (TPSA) is 27.7 Å². The summed E-state index contributed by atoms with van der Waals surface area (Å²) < 4.78 is 17.0. The summed E-state index contributed by atoms with van der Waals surface area (Å²) in [6.07, 6.45) is -0.364. The Morgan fingerprint density at radius 3 is 1.26 bits per heavy atom. The summed E-state index contributed by atoms with van der Waals surface area (Å²) in [5.41, 5.74) is 0. The zero-order valence-electron chi connectivity index (χ0n) is 14.2. The molecule has 0 radical (unpaired) electrons. The van der Waals surface area contributed by atoms with Crippen molar-refractivity contribution in [3.05, 3.63) is 0 Å². The van der Waals surface area contributed by atoms with Crippen LogP contribution in [0.1, 0.15) is 13.8 Å². The number of hydrogen-bond acceptors (Lipinski definition) is 3. The fourth-order valence-electron chi connectivity index (χ4n) is 1.41. The third-order valence-corrected chi connectivity index (χ3v) is 6.20. The van der Waals surface area contributed by atoms with Gasteiger partial charge in [-0.15, -0.1) is 0 Å². The first kappa shape index (κ1) is 19.3. The zero-order valence-corrected chi connectivity index (χ0v) is 16.2. The molecule has 0 amide bonds. The van der Waals surface area contributed by atoms with Gasteiger partial charge in [0, 0.05) is 29.4 Å². The fourth-order valence-corrected chi connectivity index (χ4v) is 2.87. The highest BCUT2D eigenvalue weighted by atomic mass is 28.3. The third-order valence-electron chi connectivity index (χ3n) is 2.79. The summed E-state index contributed by atoms with van der Waals surface area (Å²) in [4.78, 5) is 0. The lowest BCUT2D eigenvalue weighted by Gasteiger charge is -2.23. The molecule has 0 spiro atoms. The molecule has 2 unspecified atom stereocenters. The maximum Gasteiger partial charge on any atom is 0.157 e. The van der Waals surface area contributed by atoms with Crippen LogP contribution in [0.4, 0.5) is 0 Å². The van der Waals surface area contributed by atoms with Crippen molar-refractivity contribution in [3.63, 3.8) is 0 Å². The van der Waals surface area contributed by atoms with Crippen LogP contribution in [0.3, 0.4) is 0 Å². The summed E-state index contributed by atoms with van der Waals surface area (Å²) >= 11 is 0. The number of rotatable bonds is 10. The number of hydrogen-bond donors (Lipinski definition) is 0. The second-order valence-electron chi connectivity index (χ2n) is 7.63. The molecule has 3 nitrogen and oxygen atoms in total. The molecular weight excluding hydrogens is 272 g/mol. The zero-order chi connectivity index (χ0) is 15.1. The molecule has 0 aromatic rings. The van der Waals surface area contributed by atoms with E-state index in [2.05, 4.69) is 39.3 Å². The monoisotopic (exact) mass is 306 g/mol. The van der Waals surface area contributed by atoms with Crippen LogP contribution in [0.2, 0.25) is 51.4 Å². The summed E-state index contributed by atoms with van der Waals surface area (Å²) in [5.74, 6) is 0. The maximum atomic E-state index is 5.68. The molecule has 116 valence electrons. The molecule has 0 heterocycles. The van der Waals surface area contributed by atoms with Crippen molar-refractivity contribution in [1.82, 2.24) is 0 Å². The van der Waals surface area contributed by atoms with Gasteiger partial charge >= 0.3 is 0 Å². The van der Waals surface area contributed by atoms with Crippen LogP contribution < -0.4 is 0 Å². The van der Waals surface area contributed by atoms with E-state index in [9.17, 15) is 0 Å². The Morgan fingerprint density at radius 2 is 1.00 bits per heavy atom. The molecule has 0 aliphatic heterocycles. The first-order valence-corrected chi connectivity index (χ1v) is 14.8. The molecule has 0 N–H and O–H groups in total. The van der Waals surface area contributed by atoms with Crippen molar-refractivity contribution in [2.75, 3.05) is 13.2 Å². The first-order chi connectivity index (χ1) is 8.49. The van der Waals surface area contributed by atoms with Crippen LogP contribution in [0, 0.1) is 0 Å². The van der Waals surface area contributed by atoms with E-state index in [4.69, 9.17) is 14.2 Å². The van der Waals surface area contributed by atoms with E-state index in [0.29, 0.717) is 0 Å². The quantitative estimate of drug-likeness (QED) is 0.442. The molecule has 0 aliphatic rings. The van der Waals surface area contributed by atoms with Crippen molar-refractivity contribution < 1.29 is 14.2 Å². The fraction of sp³-hybridized carbons (Fsp3) is 1.00. The standard InChI is InChI=1S/C14H34O3Si2/c1-13(15-9-11-18(3,4)5)17-14(2)16-10-12-19(6,7)8/h13-14H,9-12H2,1-8H3. The lowest BCUT2D eigenvalue weighted by atomic mass is 10.6. The van der Waals surface area contributed by atoms with Crippen LogP contribution in [0.15, 0.2) is 0 Å². The second kappa shape index (κ2) is 8.57. The van der Waals surface area contributed by atoms with Crippen molar-refractivity contribution in [1.29, 1.82) is 0 Å². The van der Waals surface area contributed by atoms with E-state index in [1.165, 1.54) is 12.1 Å². The van der Waals surface area contributed by atoms with E-state index < -0.39 is 16.1 Å². The lowest BCUT2D eigenvalue weighted by molar-refractivity contribution is -0.228. The lowest BCUT2D eigenvalue weighted by Crippen LogP contribution is -2.28. The molecule has 0 bridgehead atoms. The summed E-state index contributed by atoms with van der Waals surface area (Å²) in [6, 6.07) is 2.34. The summed E-state index contributed by atoms with van der Waals surface area (Å²) in [5, 5.41) is 0. The van der Waals surface area contributed by atoms with Gasteiger partial charge in [-0.05, 0) is 25.9 Å². The first-order valence-electron chi connectivity index (χ1n) is 7.38. The van der Waals surface area contributed by atoms with Crippen molar-refractivity contribution >= 4 is 16.1 Å². The predicted molar refractivity (Wildman–Crippen MR) is 88.2 cm³/mol.